The summed E-state index contributed by atoms with van der Waals surface area (Å²) in [7, 11) is 0. The van der Waals surface area contributed by atoms with E-state index in [0.29, 0.717) is 27.8 Å². The average molecular weight is 429 g/mol. The van der Waals surface area contributed by atoms with Crippen LogP contribution in [0.25, 0.3) is 0 Å². The lowest BCUT2D eigenvalue weighted by atomic mass is 10.1. The normalized spacial score (nSPS) is 10.4. The zero-order chi connectivity index (χ0) is 20.8. The van der Waals surface area contributed by atoms with Crippen LogP contribution in [0.4, 0.5) is 10.5 Å². The summed E-state index contributed by atoms with van der Waals surface area (Å²) < 4.78 is 0. The number of nitrogens with one attached hydrogen (secondary N) is 1. The van der Waals surface area contributed by atoms with Gasteiger partial charge in [0, 0.05) is 28.8 Å². The highest BCUT2D eigenvalue weighted by Crippen LogP contribution is 2.23. The molecule has 5 nitrogen and oxygen atoms in total. The van der Waals surface area contributed by atoms with E-state index in [-0.39, 0.29) is 18.1 Å². The van der Waals surface area contributed by atoms with Crippen LogP contribution >= 0.6 is 23.2 Å². The molecule has 0 saturated heterocycles. The van der Waals surface area contributed by atoms with Crippen LogP contribution < -0.4 is 5.32 Å². The van der Waals surface area contributed by atoms with Crippen LogP contribution in [0.15, 0.2) is 72.8 Å². The first kappa shape index (κ1) is 20.7. The third-order valence-electron chi connectivity index (χ3n) is 4.16. The van der Waals surface area contributed by atoms with Gasteiger partial charge in [-0.1, -0.05) is 65.7 Å². The number of carbonyl (C=O) groups excluding carboxylic acids is 1. The van der Waals surface area contributed by atoms with Gasteiger partial charge < -0.3 is 15.3 Å². The zero-order valence-electron chi connectivity index (χ0n) is 15.3. The molecular weight excluding hydrogens is 411 g/mol. The van der Waals surface area contributed by atoms with E-state index >= 15 is 0 Å². The highest BCUT2D eigenvalue weighted by Gasteiger charge is 2.16. The standard InChI is InChI=1S/C22H18Cl2N2O3/c23-18-10-19(24)12-20(11-18)25-22(29)26(13-15-5-2-1-3-6-15)14-16-7-4-8-17(9-16)21(27)28/h1-12H,13-14H2,(H,25,29)(H,27,28). The van der Waals surface area contributed by atoms with Gasteiger partial charge in [0.25, 0.3) is 0 Å². The fourth-order valence-corrected chi connectivity index (χ4v) is 3.38. The van der Waals surface area contributed by atoms with E-state index in [1.807, 2.05) is 30.3 Å². The maximum atomic E-state index is 13.0. The van der Waals surface area contributed by atoms with Gasteiger partial charge in [-0.05, 0) is 41.5 Å². The molecule has 0 aliphatic carbocycles. The first-order valence-corrected chi connectivity index (χ1v) is 9.54. The van der Waals surface area contributed by atoms with Crippen molar-refractivity contribution >= 4 is 40.9 Å². The molecule has 0 radical (unpaired) electrons. The molecule has 0 atom stereocenters. The van der Waals surface area contributed by atoms with Crippen molar-refractivity contribution in [3.63, 3.8) is 0 Å². The molecule has 0 saturated carbocycles. The fourth-order valence-electron chi connectivity index (χ4n) is 2.85. The van der Waals surface area contributed by atoms with Gasteiger partial charge in [-0.2, -0.15) is 0 Å². The molecule has 3 rings (SSSR count). The van der Waals surface area contributed by atoms with Gasteiger partial charge >= 0.3 is 12.0 Å². The highest BCUT2D eigenvalue weighted by atomic mass is 35.5. The molecule has 0 unspecified atom stereocenters. The summed E-state index contributed by atoms with van der Waals surface area (Å²) in [6, 6.07) is 20.5. The molecule has 7 heteroatoms. The van der Waals surface area contributed by atoms with E-state index in [1.54, 1.807) is 41.3 Å². The predicted molar refractivity (Wildman–Crippen MR) is 115 cm³/mol. The number of rotatable bonds is 6. The quantitative estimate of drug-likeness (QED) is 0.511. The molecule has 0 heterocycles. The summed E-state index contributed by atoms with van der Waals surface area (Å²) in [5.41, 5.74) is 2.30. The van der Waals surface area contributed by atoms with Crippen molar-refractivity contribution in [3.8, 4) is 0 Å². The van der Waals surface area contributed by atoms with Crippen molar-refractivity contribution in [3.05, 3.63) is 99.5 Å². The molecule has 0 spiro atoms. The summed E-state index contributed by atoms with van der Waals surface area (Å²) in [5.74, 6) is -1.01. The number of hydrogen-bond donors (Lipinski definition) is 2. The number of nitrogens with zero attached hydrogens (tertiary/aromatic N) is 1. The lowest BCUT2D eigenvalue weighted by Gasteiger charge is -2.24. The van der Waals surface area contributed by atoms with E-state index in [1.165, 1.54) is 6.07 Å². The molecule has 3 aromatic rings. The highest BCUT2D eigenvalue weighted by molar-refractivity contribution is 6.35. The van der Waals surface area contributed by atoms with Crippen LogP contribution in [0.5, 0.6) is 0 Å². The summed E-state index contributed by atoms with van der Waals surface area (Å²) in [6.07, 6.45) is 0. The third kappa shape index (κ3) is 5.98. The number of carboxylic acids is 1. The van der Waals surface area contributed by atoms with Crippen LogP contribution in [0.3, 0.4) is 0 Å². The number of hydrogen-bond acceptors (Lipinski definition) is 2. The number of carboxylic acid groups (broad SMARTS) is 1. The number of amides is 2. The summed E-state index contributed by atoms with van der Waals surface area (Å²) in [5, 5.41) is 12.8. The Balaban J connectivity index is 1.84. The molecule has 148 valence electrons. The Morgan fingerprint density at radius 1 is 0.828 bits per heavy atom. The maximum Gasteiger partial charge on any atom is 0.335 e. The van der Waals surface area contributed by atoms with E-state index < -0.39 is 5.97 Å². The Hall–Kier alpha value is -3.02. The van der Waals surface area contributed by atoms with E-state index in [0.717, 1.165) is 5.56 Å². The Bertz CT molecular complexity index is 1010. The zero-order valence-corrected chi connectivity index (χ0v) is 16.8. The minimum absolute atomic E-state index is 0.171. The molecule has 0 aromatic heterocycles. The van der Waals surface area contributed by atoms with Crippen LogP contribution in [-0.4, -0.2) is 22.0 Å². The van der Waals surface area contributed by atoms with Crippen LogP contribution in [0, 0.1) is 0 Å². The third-order valence-corrected chi connectivity index (χ3v) is 4.60. The van der Waals surface area contributed by atoms with Gasteiger partial charge in [-0.15, -0.1) is 0 Å². The predicted octanol–water partition coefficient (Wildman–Crippen LogP) is 5.93. The van der Waals surface area contributed by atoms with Gasteiger partial charge in [0.2, 0.25) is 0 Å². The van der Waals surface area contributed by atoms with E-state index in [2.05, 4.69) is 5.32 Å². The first-order chi connectivity index (χ1) is 13.9. The summed E-state index contributed by atoms with van der Waals surface area (Å²) in [6.45, 7) is 0.578. The minimum atomic E-state index is -1.01. The van der Waals surface area contributed by atoms with Crippen molar-refractivity contribution in [2.45, 2.75) is 13.1 Å². The van der Waals surface area contributed by atoms with Crippen molar-refractivity contribution < 1.29 is 14.7 Å². The number of halogens is 2. The van der Waals surface area contributed by atoms with Crippen molar-refractivity contribution in [2.75, 3.05) is 5.32 Å². The van der Waals surface area contributed by atoms with Crippen molar-refractivity contribution in [1.82, 2.24) is 4.90 Å². The Morgan fingerprint density at radius 3 is 2.10 bits per heavy atom. The second kappa shape index (κ2) is 9.45. The molecule has 2 amide bonds. The number of aromatic carboxylic acids is 1. The second-order valence-electron chi connectivity index (χ2n) is 6.44. The van der Waals surface area contributed by atoms with Crippen LogP contribution in [0.2, 0.25) is 10.0 Å². The fraction of sp³-hybridized carbons (Fsp3) is 0.0909. The molecule has 0 bridgehead atoms. The van der Waals surface area contributed by atoms with Gasteiger partial charge in [-0.3, -0.25) is 0 Å². The van der Waals surface area contributed by atoms with Gasteiger partial charge in [0.05, 0.1) is 5.56 Å². The van der Waals surface area contributed by atoms with Crippen molar-refractivity contribution in [1.29, 1.82) is 0 Å². The lowest BCUT2D eigenvalue weighted by Crippen LogP contribution is -2.34. The minimum Gasteiger partial charge on any atom is -0.478 e. The topological polar surface area (TPSA) is 69.6 Å². The number of anilines is 1. The largest absolute Gasteiger partial charge is 0.478 e. The first-order valence-electron chi connectivity index (χ1n) is 8.79. The molecule has 2 N–H and O–H groups in total. The van der Waals surface area contributed by atoms with E-state index in [4.69, 9.17) is 23.2 Å². The van der Waals surface area contributed by atoms with Gasteiger partial charge in [-0.25, -0.2) is 9.59 Å². The SMILES string of the molecule is O=C(O)c1cccc(CN(Cc2ccccc2)C(=O)Nc2cc(Cl)cc(Cl)c2)c1. The Kier molecular flexibility index (Phi) is 6.75. The number of urea groups is 1. The van der Waals surface area contributed by atoms with Gasteiger partial charge in [0.1, 0.15) is 0 Å². The van der Waals surface area contributed by atoms with E-state index in [9.17, 15) is 14.7 Å². The number of carbonyl (C=O) groups is 2. The molecule has 0 aliphatic heterocycles. The van der Waals surface area contributed by atoms with Crippen LogP contribution in [0.1, 0.15) is 21.5 Å². The molecule has 0 aliphatic rings. The van der Waals surface area contributed by atoms with Gasteiger partial charge in [0.15, 0.2) is 0 Å². The summed E-state index contributed by atoms with van der Waals surface area (Å²) in [4.78, 5) is 25.8. The maximum absolute atomic E-state index is 13.0. The smallest absolute Gasteiger partial charge is 0.335 e. The molecule has 29 heavy (non-hydrogen) atoms. The average Bonchev–Trinajstić information content (AvgIpc) is 2.67. The summed E-state index contributed by atoms with van der Waals surface area (Å²) >= 11 is 12.0. The molecule has 0 fully saturated rings. The van der Waals surface area contributed by atoms with Crippen LogP contribution in [-0.2, 0) is 13.1 Å². The Labute approximate surface area is 178 Å². The molecule has 3 aromatic carbocycles. The lowest BCUT2D eigenvalue weighted by molar-refractivity contribution is 0.0696. The second-order valence-corrected chi connectivity index (χ2v) is 7.31. The monoisotopic (exact) mass is 428 g/mol. The van der Waals surface area contributed by atoms with Crippen molar-refractivity contribution in [2.24, 2.45) is 0 Å². The molecular formula is C22H18Cl2N2O3. The Morgan fingerprint density at radius 2 is 1.45 bits per heavy atom. The number of benzene rings is 3.